The van der Waals surface area contributed by atoms with E-state index in [9.17, 15) is 23.1 Å². The van der Waals surface area contributed by atoms with Crippen molar-refractivity contribution in [1.82, 2.24) is 24.1 Å². The molecule has 0 spiro atoms. The number of para-hydroxylation sites is 1. The Morgan fingerprint density at radius 1 is 1.12 bits per heavy atom. The first-order chi connectivity index (χ1) is 19.9. The smallest absolute Gasteiger partial charge is 0.351 e. The second-order valence-corrected chi connectivity index (χ2v) is 11.2. The van der Waals surface area contributed by atoms with Gasteiger partial charge in [0, 0.05) is 24.4 Å². The maximum absolute atomic E-state index is 13.7. The number of nitrogens with zero attached hydrogens (tertiary/aromatic N) is 5. The Hall–Kier alpha value is -5.44. The van der Waals surface area contributed by atoms with Gasteiger partial charge in [0.2, 0.25) is 10.0 Å². The SMILES string of the molecule is Cc1ccn2nc([C@H](C)Nc3ncnc(N)c3C(=O)Oc3cc(O)cc(NS(C)(=O)=O)c3)n(-c3ccccc3)c(=O)c12. The van der Waals surface area contributed by atoms with Crippen molar-refractivity contribution in [2.24, 2.45) is 0 Å². The lowest BCUT2D eigenvalue weighted by Gasteiger charge is -2.21. The number of phenols is 1. The summed E-state index contributed by atoms with van der Waals surface area (Å²) in [4.78, 5) is 35.0. The number of anilines is 3. The highest BCUT2D eigenvalue weighted by Crippen LogP contribution is 2.29. The molecule has 3 aromatic heterocycles. The van der Waals surface area contributed by atoms with E-state index in [-0.39, 0.29) is 39.9 Å². The number of sulfonamides is 1. The van der Waals surface area contributed by atoms with Crippen LogP contribution in [0.15, 0.2) is 71.9 Å². The van der Waals surface area contributed by atoms with Crippen LogP contribution < -0.4 is 26.1 Å². The standard InChI is InChI=1S/C27H26N8O6S/c1-15-9-10-34-22(15)26(37)35(18-7-5-4-6-8-18)25(32-34)16(2)31-24-21(23(28)29-14-30-24)27(38)41-20-12-17(11-19(36)13-20)33-42(3,39)40/h4-14,16,33,36H,1-3H3,(H3,28,29,30,31)/t16-/m0/s1. The van der Waals surface area contributed by atoms with Gasteiger partial charge < -0.3 is 20.9 Å². The number of carbonyl (C=O) groups is 1. The third kappa shape index (κ3) is 5.71. The van der Waals surface area contributed by atoms with E-state index in [2.05, 4.69) is 25.1 Å². The predicted molar refractivity (Wildman–Crippen MR) is 156 cm³/mol. The molecule has 42 heavy (non-hydrogen) atoms. The van der Waals surface area contributed by atoms with Crippen molar-refractivity contribution in [3.63, 3.8) is 0 Å². The van der Waals surface area contributed by atoms with Crippen molar-refractivity contribution < 1.29 is 23.1 Å². The number of nitrogen functional groups attached to an aromatic ring is 1. The van der Waals surface area contributed by atoms with Gasteiger partial charge in [-0.3, -0.25) is 14.1 Å². The summed E-state index contributed by atoms with van der Waals surface area (Å²) in [7, 11) is -3.67. The van der Waals surface area contributed by atoms with Gasteiger partial charge in [-0.25, -0.2) is 27.7 Å². The van der Waals surface area contributed by atoms with Gasteiger partial charge >= 0.3 is 5.97 Å². The largest absolute Gasteiger partial charge is 0.508 e. The van der Waals surface area contributed by atoms with Gasteiger partial charge in [-0.15, -0.1) is 0 Å². The number of nitrogens with one attached hydrogen (secondary N) is 2. The molecule has 0 saturated carbocycles. The number of phenolic OH excluding ortho intramolecular Hbond substituents is 1. The minimum atomic E-state index is -3.67. The van der Waals surface area contributed by atoms with Gasteiger partial charge in [0.05, 0.1) is 23.7 Å². The van der Waals surface area contributed by atoms with Gasteiger partial charge in [0.25, 0.3) is 5.56 Å². The second kappa shape index (κ2) is 10.9. The molecule has 0 saturated heterocycles. The van der Waals surface area contributed by atoms with Crippen LogP contribution in [0.1, 0.15) is 34.7 Å². The van der Waals surface area contributed by atoms with Crippen LogP contribution >= 0.6 is 0 Å². The molecular weight excluding hydrogens is 564 g/mol. The highest BCUT2D eigenvalue weighted by atomic mass is 32.2. The maximum atomic E-state index is 13.7. The minimum Gasteiger partial charge on any atom is -0.508 e. The number of esters is 1. The molecular formula is C27H26N8O6S. The zero-order valence-electron chi connectivity index (χ0n) is 22.6. The van der Waals surface area contributed by atoms with Crippen LogP contribution in [0.25, 0.3) is 11.2 Å². The van der Waals surface area contributed by atoms with Crippen molar-refractivity contribution >= 4 is 38.8 Å². The number of aromatic hydroxyl groups is 1. The number of ether oxygens (including phenoxy) is 1. The molecule has 0 radical (unpaired) electrons. The Kier molecular flexibility index (Phi) is 7.26. The first-order valence-corrected chi connectivity index (χ1v) is 14.4. The number of aryl methyl sites for hydroxylation is 1. The predicted octanol–water partition coefficient (Wildman–Crippen LogP) is 2.64. The molecule has 1 atom stereocenters. The molecule has 3 heterocycles. The Bertz CT molecular complexity index is 1990. The molecule has 15 heteroatoms. The average Bonchev–Trinajstić information content (AvgIpc) is 3.28. The molecule has 14 nitrogen and oxygen atoms in total. The molecule has 0 amide bonds. The Labute approximate surface area is 239 Å². The molecule has 0 fully saturated rings. The molecule has 2 aromatic carbocycles. The summed E-state index contributed by atoms with van der Waals surface area (Å²) in [5.41, 5.74) is 7.28. The van der Waals surface area contributed by atoms with E-state index in [1.165, 1.54) is 15.1 Å². The topological polar surface area (TPSA) is 196 Å². The van der Waals surface area contributed by atoms with Crippen molar-refractivity contribution in [2.75, 3.05) is 22.0 Å². The summed E-state index contributed by atoms with van der Waals surface area (Å²) in [6.07, 6.45) is 3.77. The van der Waals surface area contributed by atoms with E-state index in [1.807, 2.05) is 13.0 Å². The normalized spacial score (nSPS) is 12.2. The van der Waals surface area contributed by atoms with E-state index in [1.54, 1.807) is 43.5 Å². The van der Waals surface area contributed by atoms with Gasteiger partial charge in [0.15, 0.2) is 5.82 Å². The summed E-state index contributed by atoms with van der Waals surface area (Å²) >= 11 is 0. The lowest BCUT2D eigenvalue weighted by Crippen LogP contribution is -2.30. The van der Waals surface area contributed by atoms with Gasteiger partial charge in [-0.2, -0.15) is 5.10 Å². The number of hydrogen-bond donors (Lipinski definition) is 4. The van der Waals surface area contributed by atoms with Gasteiger partial charge in [0.1, 0.15) is 40.5 Å². The number of fused-ring (bicyclic) bond motifs is 1. The summed E-state index contributed by atoms with van der Waals surface area (Å²) in [5.74, 6) is -1.40. The monoisotopic (exact) mass is 590 g/mol. The fraction of sp³-hybridized carbons (Fsp3) is 0.148. The van der Waals surface area contributed by atoms with E-state index in [0.29, 0.717) is 17.0 Å². The third-order valence-electron chi connectivity index (χ3n) is 6.15. The Balaban J connectivity index is 1.52. The van der Waals surface area contributed by atoms with E-state index >= 15 is 0 Å². The van der Waals surface area contributed by atoms with Crippen molar-refractivity contribution in [1.29, 1.82) is 0 Å². The van der Waals surface area contributed by atoms with Crippen LogP contribution in [-0.4, -0.2) is 49.9 Å². The first-order valence-electron chi connectivity index (χ1n) is 12.5. The molecule has 5 rings (SSSR count). The first kappa shape index (κ1) is 28.1. The minimum absolute atomic E-state index is 0.00715. The zero-order chi connectivity index (χ0) is 30.2. The number of carbonyl (C=O) groups excluding carboxylic acids is 1. The summed E-state index contributed by atoms with van der Waals surface area (Å²) in [6.45, 7) is 3.55. The molecule has 0 aliphatic carbocycles. The van der Waals surface area contributed by atoms with Crippen LogP contribution in [0.3, 0.4) is 0 Å². The van der Waals surface area contributed by atoms with Crippen molar-refractivity contribution in [3.05, 3.63) is 94.4 Å². The summed E-state index contributed by atoms with van der Waals surface area (Å²) in [6, 6.07) is 13.6. The number of rotatable bonds is 8. The molecule has 0 aliphatic rings. The van der Waals surface area contributed by atoms with Crippen LogP contribution in [0, 0.1) is 6.92 Å². The fourth-order valence-corrected chi connectivity index (χ4v) is 4.94. The quantitative estimate of drug-likeness (QED) is 0.153. The molecule has 0 bridgehead atoms. The van der Waals surface area contributed by atoms with Gasteiger partial charge in [-0.1, -0.05) is 18.2 Å². The number of nitrogens with two attached hydrogens (primary N) is 1. The summed E-state index contributed by atoms with van der Waals surface area (Å²) < 4.78 is 33.8. The summed E-state index contributed by atoms with van der Waals surface area (Å²) in [5, 5.41) is 17.8. The molecule has 0 aliphatic heterocycles. The van der Waals surface area contributed by atoms with E-state index in [0.717, 1.165) is 30.3 Å². The molecule has 0 unspecified atom stereocenters. The maximum Gasteiger partial charge on any atom is 0.351 e. The Morgan fingerprint density at radius 3 is 2.57 bits per heavy atom. The molecule has 5 N–H and O–H groups in total. The van der Waals surface area contributed by atoms with E-state index in [4.69, 9.17) is 10.5 Å². The van der Waals surface area contributed by atoms with Crippen LogP contribution in [0.2, 0.25) is 0 Å². The number of hydrogen-bond acceptors (Lipinski definition) is 11. The highest BCUT2D eigenvalue weighted by Gasteiger charge is 2.25. The van der Waals surface area contributed by atoms with Crippen LogP contribution in [0.4, 0.5) is 17.3 Å². The fourth-order valence-electron chi connectivity index (χ4n) is 4.39. The average molecular weight is 591 g/mol. The lowest BCUT2D eigenvalue weighted by molar-refractivity contribution is 0.0736. The van der Waals surface area contributed by atoms with Crippen molar-refractivity contribution in [2.45, 2.75) is 19.9 Å². The molecule has 216 valence electrons. The van der Waals surface area contributed by atoms with Crippen LogP contribution in [0.5, 0.6) is 11.5 Å². The third-order valence-corrected chi connectivity index (χ3v) is 6.76. The van der Waals surface area contributed by atoms with E-state index < -0.39 is 22.0 Å². The van der Waals surface area contributed by atoms with Gasteiger partial charge in [-0.05, 0) is 37.6 Å². The zero-order valence-corrected chi connectivity index (χ0v) is 23.5. The Morgan fingerprint density at radius 2 is 1.86 bits per heavy atom. The number of benzene rings is 2. The lowest BCUT2D eigenvalue weighted by atomic mass is 10.2. The van der Waals surface area contributed by atoms with Crippen LogP contribution in [-0.2, 0) is 10.0 Å². The number of aromatic nitrogens is 5. The van der Waals surface area contributed by atoms with Crippen molar-refractivity contribution in [3.8, 4) is 17.2 Å². The molecule has 5 aromatic rings. The second-order valence-electron chi connectivity index (χ2n) is 9.45. The highest BCUT2D eigenvalue weighted by molar-refractivity contribution is 7.92.